The zero-order chi connectivity index (χ0) is 23.6. The van der Waals surface area contributed by atoms with E-state index in [9.17, 15) is 0 Å². The van der Waals surface area contributed by atoms with Crippen LogP contribution in [0.2, 0.25) is 0 Å². The van der Waals surface area contributed by atoms with Gasteiger partial charge in [-0.1, -0.05) is 84.9 Å². The van der Waals surface area contributed by atoms with Gasteiger partial charge in [-0.15, -0.1) is 11.3 Å². The van der Waals surface area contributed by atoms with Crippen molar-refractivity contribution in [1.29, 1.82) is 0 Å². The van der Waals surface area contributed by atoms with E-state index in [1.54, 1.807) is 6.26 Å². The molecule has 8 aromatic rings. The van der Waals surface area contributed by atoms with Crippen molar-refractivity contribution in [3.8, 4) is 22.3 Å². The first-order valence-corrected chi connectivity index (χ1v) is 13.0. The predicted octanol–water partition coefficient (Wildman–Crippen LogP) is 10.4. The van der Waals surface area contributed by atoms with Crippen LogP contribution in [0.1, 0.15) is 0 Å². The lowest BCUT2D eigenvalue weighted by Gasteiger charge is -2.17. The summed E-state index contributed by atoms with van der Waals surface area (Å²) in [6.07, 6.45) is 1.77. The van der Waals surface area contributed by atoms with Crippen molar-refractivity contribution in [1.82, 2.24) is 0 Å². The van der Waals surface area contributed by atoms with Crippen LogP contribution >= 0.6 is 11.3 Å². The van der Waals surface area contributed by atoms with Gasteiger partial charge in [-0.05, 0) is 74.1 Å². The molecule has 2 heterocycles. The van der Waals surface area contributed by atoms with E-state index >= 15 is 0 Å². The zero-order valence-corrected chi connectivity index (χ0v) is 20.2. The van der Waals surface area contributed by atoms with Crippen LogP contribution in [0.3, 0.4) is 0 Å². The normalized spacial score (nSPS) is 11.9. The molecule has 1 nitrogen and oxygen atoms in total. The quantitative estimate of drug-likeness (QED) is 0.226. The van der Waals surface area contributed by atoms with Gasteiger partial charge in [0, 0.05) is 25.6 Å². The Labute approximate surface area is 211 Å². The minimum atomic E-state index is 0.947. The highest BCUT2D eigenvalue weighted by Crippen LogP contribution is 2.45. The van der Waals surface area contributed by atoms with E-state index in [1.807, 2.05) is 17.4 Å². The van der Waals surface area contributed by atoms with Crippen molar-refractivity contribution < 1.29 is 4.42 Å². The average molecular weight is 477 g/mol. The second-order valence-corrected chi connectivity index (χ2v) is 10.4. The Morgan fingerprint density at radius 2 is 1.06 bits per heavy atom. The van der Waals surface area contributed by atoms with Gasteiger partial charge in [-0.3, -0.25) is 0 Å². The molecular formula is C34H20OS. The molecule has 36 heavy (non-hydrogen) atoms. The van der Waals surface area contributed by atoms with Crippen molar-refractivity contribution in [2.24, 2.45) is 0 Å². The van der Waals surface area contributed by atoms with Gasteiger partial charge in [0.15, 0.2) is 0 Å². The lowest BCUT2D eigenvalue weighted by molar-refractivity contribution is 0.616. The number of rotatable bonds is 2. The Morgan fingerprint density at radius 1 is 0.444 bits per heavy atom. The molecule has 0 fully saturated rings. The number of thiophene rings is 1. The van der Waals surface area contributed by atoms with Crippen LogP contribution in [0.15, 0.2) is 126 Å². The number of furan rings is 1. The third kappa shape index (κ3) is 2.82. The van der Waals surface area contributed by atoms with Gasteiger partial charge in [0.05, 0.1) is 6.26 Å². The summed E-state index contributed by atoms with van der Waals surface area (Å²) in [5, 5.41) is 8.88. The summed E-state index contributed by atoms with van der Waals surface area (Å²) in [6, 6.07) is 41.9. The first-order chi connectivity index (χ1) is 17.8. The Bertz CT molecular complexity index is 2040. The molecule has 0 aliphatic carbocycles. The van der Waals surface area contributed by atoms with Crippen LogP contribution in [0, 0.1) is 0 Å². The number of fused-ring (bicyclic) bond motifs is 6. The van der Waals surface area contributed by atoms with E-state index in [-0.39, 0.29) is 0 Å². The monoisotopic (exact) mass is 476 g/mol. The van der Waals surface area contributed by atoms with Gasteiger partial charge in [0.25, 0.3) is 0 Å². The molecule has 0 spiro atoms. The second-order valence-electron chi connectivity index (χ2n) is 9.33. The highest BCUT2D eigenvalue weighted by molar-refractivity contribution is 7.25. The molecule has 168 valence electrons. The number of hydrogen-bond acceptors (Lipinski definition) is 2. The second kappa shape index (κ2) is 7.55. The lowest BCUT2D eigenvalue weighted by atomic mass is 9.86. The molecule has 2 aromatic heterocycles. The van der Waals surface area contributed by atoms with Gasteiger partial charge in [0.2, 0.25) is 0 Å². The zero-order valence-electron chi connectivity index (χ0n) is 19.4. The molecule has 0 radical (unpaired) electrons. The van der Waals surface area contributed by atoms with Crippen LogP contribution in [0.5, 0.6) is 0 Å². The van der Waals surface area contributed by atoms with Crippen LogP contribution in [-0.4, -0.2) is 0 Å². The summed E-state index contributed by atoms with van der Waals surface area (Å²) < 4.78 is 8.23. The van der Waals surface area contributed by atoms with Crippen LogP contribution in [0.25, 0.3) is 74.9 Å². The Balaban J connectivity index is 1.49. The Kier molecular flexibility index (Phi) is 4.16. The fourth-order valence-electron chi connectivity index (χ4n) is 5.74. The van der Waals surface area contributed by atoms with Gasteiger partial charge >= 0.3 is 0 Å². The molecule has 0 saturated carbocycles. The topological polar surface area (TPSA) is 13.1 Å². The first kappa shape index (κ1) is 19.9. The number of hydrogen-bond donors (Lipinski definition) is 0. The molecule has 0 N–H and O–H groups in total. The van der Waals surface area contributed by atoms with E-state index in [4.69, 9.17) is 4.42 Å². The van der Waals surface area contributed by atoms with E-state index in [1.165, 1.54) is 64.0 Å². The highest BCUT2D eigenvalue weighted by Gasteiger charge is 2.17. The smallest absolute Gasteiger partial charge is 0.135 e. The third-order valence-electron chi connectivity index (χ3n) is 7.33. The van der Waals surface area contributed by atoms with Crippen molar-refractivity contribution in [3.63, 3.8) is 0 Å². The van der Waals surface area contributed by atoms with Crippen LogP contribution < -0.4 is 0 Å². The van der Waals surface area contributed by atoms with Crippen LogP contribution in [0.4, 0.5) is 0 Å². The van der Waals surface area contributed by atoms with Gasteiger partial charge in [-0.2, -0.15) is 0 Å². The molecule has 0 atom stereocenters. The third-order valence-corrected chi connectivity index (χ3v) is 8.46. The molecule has 2 heteroatoms. The molecule has 0 aliphatic rings. The summed E-state index contributed by atoms with van der Waals surface area (Å²) in [4.78, 5) is 0. The largest absolute Gasteiger partial charge is 0.464 e. The lowest BCUT2D eigenvalue weighted by Crippen LogP contribution is -1.90. The maximum Gasteiger partial charge on any atom is 0.135 e. The fraction of sp³-hybridized carbons (Fsp3) is 0. The van der Waals surface area contributed by atoms with E-state index in [0.717, 1.165) is 11.0 Å². The Hall–Kier alpha value is -4.40. The fourth-order valence-corrected chi connectivity index (χ4v) is 6.84. The minimum absolute atomic E-state index is 0.947. The Morgan fingerprint density at radius 3 is 1.75 bits per heavy atom. The van der Waals surface area contributed by atoms with Gasteiger partial charge < -0.3 is 4.42 Å². The molecule has 0 saturated heterocycles. The molecule has 0 aliphatic heterocycles. The summed E-state index contributed by atoms with van der Waals surface area (Å²) >= 11 is 1.83. The summed E-state index contributed by atoms with van der Waals surface area (Å²) in [5.41, 5.74) is 6.05. The molecule has 6 aromatic carbocycles. The molecular weight excluding hydrogens is 456 g/mol. The first-order valence-electron chi connectivity index (χ1n) is 12.2. The highest BCUT2D eigenvalue weighted by atomic mass is 32.1. The summed E-state index contributed by atoms with van der Waals surface area (Å²) in [6.45, 7) is 0. The molecule has 0 bridgehead atoms. The van der Waals surface area contributed by atoms with E-state index in [0.29, 0.717) is 0 Å². The van der Waals surface area contributed by atoms with Crippen molar-refractivity contribution >= 4 is 64.0 Å². The van der Waals surface area contributed by atoms with Gasteiger partial charge in [0.1, 0.15) is 5.58 Å². The SMILES string of the molecule is c1ccc(-c2c3ccccc3c(-c3ccc4sc5cc6occc6cc5c4c3)c3ccccc23)cc1. The maximum atomic E-state index is 5.67. The van der Waals surface area contributed by atoms with Crippen molar-refractivity contribution in [2.45, 2.75) is 0 Å². The molecule has 0 unspecified atom stereocenters. The van der Waals surface area contributed by atoms with E-state index < -0.39 is 0 Å². The molecule has 8 rings (SSSR count). The van der Waals surface area contributed by atoms with Crippen molar-refractivity contribution in [2.75, 3.05) is 0 Å². The average Bonchev–Trinajstić information content (AvgIpc) is 3.54. The minimum Gasteiger partial charge on any atom is -0.464 e. The number of benzene rings is 6. The molecule has 0 amide bonds. The summed E-state index contributed by atoms with van der Waals surface area (Å²) in [5.74, 6) is 0. The predicted molar refractivity (Wildman–Crippen MR) is 155 cm³/mol. The van der Waals surface area contributed by atoms with Gasteiger partial charge in [-0.25, -0.2) is 0 Å². The standard InChI is InChI=1S/C34H20OS/c1-2-8-21(9-3-1)33-24-10-4-6-12-26(24)34(27-13-7-5-11-25(27)33)23-14-15-31-28(19-23)29-18-22-16-17-35-30(22)20-32(29)36-31/h1-20H. The van der Waals surface area contributed by atoms with Crippen molar-refractivity contribution in [3.05, 3.63) is 122 Å². The summed E-state index contributed by atoms with van der Waals surface area (Å²) in [7, 11) is 0. The maximum absolute atomic E-state index is 5.67. The van der Waals surface area contributed by atoms with Crippen LogP contribution in [-0.2, 0) is 0 Å². The van der Waals surface area contributed by atoms with E-state index in [2.05, 4.69) is 109 Å².